The zero-order valence-electron chi connectivity index (χ0n) is 18.8. The molecule has 0 aliphatic carbocycles. The van der Waals surface area contributed by atoms with Gasteiger partial charge in [0, 0.05) is 23.4 Å². The quantitative estimate of drug-likeness (QED) is 0.192. The molecule has 1 unspecified atom stereocenters. The summed E-state index contributed by atoms with van der Waals surface area (Å²) in [4.78, 5) is 38.3. The van der Waals surface area contributed by atoms with E-state index in [1.807, 2.05) is 26.0 Å². The van der Waals surface area contributed by atoms with Crippen molar-refractivity contribution in [2.24, 2.45) is 0 Å². The van der Waals surface area contributed by atoms with Crippen LogP contribution in [0.25, 0.3) is 5.76 Å². The van der Waals surface area contributed by atoms with Crippen molar-refractivity contribution >= 4 is 28.8 Å². The summed E-state index contributed by atoms with van der Waals surface area (Å²) < 4.78 is 5.33. The largest absolute Gasteiger partial charge is 0.507 e. The maximum atomic E-state index is 13.2. The van der Waals surface area contributed by atoms with Gasteiger partial charge < -0.3 is 9.84 Å². The van der Waals surface area contributed by atoms with Crippen molar-refractivity contribution < 1.29 is 24.4 Å². The van der Waals surface area contributed by atoms with Crippen LogP contribution in [0.4, 0.5) is 11.4 Å². The zero-order valence-corrected chi connectivity index (χ0v) is 18.8. The van der Waals surface area contributed by atoms with E-state index in [1.165, 1.54) is 36.3 Å². The number of Topliss-reactive ketones (excluding diaryl/α,β-unsaturated/α-hetero) is 1. The van der Waals surface area contributed by atoms with Crippen molar-refractivity contribution in [3.05, 3.63) is 105 Å². The molecule has 0 bridgehead atoms. The minimum absolute atomic E-state index is 0.106. The van der Waals surface area contributed by atoms with E-state index in [4.69, 9.17) is 4.74 Å². The molecule has 8 heteroatoms. The number of ether oxygens (including phenoxy) is 1. The lowest BCUT2D eigenvalue weighted by molar-refractivity contribution is -0.384. The number of hydrogen-bond donors (Lipinski definition) is 1. The van der Waals surface area contributed by atoms with Gasteiger partial charge in [-0.3, -0.25) is 24.6 Å². The second kappa shape index (κ2) is 8.82. The van der Waals surface area contributed by atoms with Gasteiger partial charge in [-0.1, -0.05) is 18.2 Å². The fourth-order valence-corrected chi connectivity index (χ4v) is 4.00. The van der Waals surface area contributed by atoms with Gasteiger partial charge in [0.05, 0.1) is 23.6 Å². The van der Waals surface area contributed by atoms with Gasteiger partial charge >= 0.3 is 0 Å². The number of anilines is 1. The van der Waals surface area contributed by atoms with Crippen LogP contribution in [0.5, 0.6) is 5.75 Å². The number of ketones is 1. The molecule has 34 heavy (non-hydrogen) atoms. The van der Waals surface area contributed by atoms with Gasteiger partial charge in [0.2, 0.25) is 0 Å². The number of carbonyl (C=O) groups excluding carboxylic acids is 2. The van der Waals surface area contributed by atoms with Crippen molar-refractivity contribution in [3.63, 3.8) is 0 Å². The monoisotopic (exact) mass is 458 g/mol. The highest BCUT2D eigenvalue weighted by atomic mass is 16.6. The predicted molar refractivity (Wildman–Crippen MR) is 127 cm³/mol. The topological polar surface area (TPSA) is 110 Å². The third-order valence-corrected chi connectivity index (χ3v) is 5.97. The number of methoxy groups -OCH3 is 1. The number of benzene rings is 3. The number of rotatable bonds is 5. The smallest absolute Gasteiger partial charge is 0.300 e. The molecule has 1 aliphatic heterocycles. The van der Waals surface area contributed by atoms with Crippen LogP contribution in [-0.2, 0) is 9.59 Å². The molecule has 0 aromatic heterocycles. The van der Waals surface area contributed by atoms with E-state index < -0.39 is 28.4 Å². The van der Waals surface area contributed by atoms with Crippen LogP contribution < -0.4 is 9.64 Å². The number of nitrogens with zero attached hydrogens (tertiary/aromatic N) is 2. The van der Waals surface area contributed by atoms with Crippen molar-refractivity contribution in [1.82, 2.24) is 0 Å². The Morgan fingerprint density at radius 2 is 1.71 bits per heavy atom. The van der Waals surface area contributed by atoms with Crippen molar-refractivity contribution in [3.8, 4) is 5.75 Å². The summed E-state index contributed by atoms with van der Waals surface area (Å²) >= 11 is 0. The van der Waals surface area contributed by atoms with Crippen LogP contribution in [0.2, 0.25) is 0 Å². The third kappa shape index (κ3) is 3.90. The first kappa shape index (κ1) is 22.7. The number of aliphatic hydroxyl groups excluding tert-OH is 1. The Kier molecular flexibility index (Phi) is 5.89. The molecule has 1 heterocycles. The molecule has 0 saturated carbocycles. The number of aryl methyl sites for hydroxylation is 2. The van der Waals surface area contributed by atoms with E-state index in [0.29, 0.717) is 17.0 Å². The summed E-state index contributed by atoms with van der Waals surface area (Å²) in [6.45, 7) is 3.86. The SMILES string of the molecule is COc1cccc(C2/C(=C(\O)c3ccc([N+](=O)[O-])cc3)C(=O)C(=O)N2c2ccc(C)c(C)c2)c1. The lowest BCUT2D eigenvalue weighted by atomic mass is 9.94. The number of nitro benzene ring substituents is 1. The fourth-order valence-electron chi connectivity index (χ4n) is 4.00. The van der Waals surface area contributed by atoms with E-state index in [-0.39, 0.29) is 16.8 Å². The first-order valence-electron chi connectivity index (χ1n) is 10.5. The Morgan fingerprint density at radius 1 is 1.00 bits per heavy atom. The van der Waals surface area contributed by atoms with Crippen LogP contribution >= 0.6 is 0 Å². The minimum atomic E-state index is -0.924. The summed E-state index contributed by atoms with van der Waals surface area (Å²) in [6.07, 6.45) is 0. The van der Waals surface area contributed by atoms with Crippen molar-refractivity contribution in [2.75, 3.05) is 12.0 Å². The van der Waals surface area contributed by atoms with E-state index in [1.54, 1.807) is 30.3 Å². The van der Waals surface area contributed by atoms with Crippen LogP contribution in [-0.4, -0.2) is 28.8 Å². The summed E-state index contributed by atoms with van der Waals surface area (Å²) in [6, 6.07) is 16.6. The molecule has 0 spiro atoms. The van der Waals surface area contributed by atoms with Gasteiger partial charge in [0.1, 0.15) is 11.5 Å². The van der Waals surface area contributed by atoms with Gasteiger partial charge in [-0.05, 0) is 66.9 Å². The number of nitro groups is 1. The van der Waals surface area contributed by atoms with Crippen LogP contribution in [0.3, 0.4) is 0 Å². The third-order valence-electron chi connectivity index (χ3n) is 5.97. The normalized spacial score (nSPS) is 17.1. The maximum absolute atomic E-state index is 13.2. The molecule has 1 fully saturated rings. The minimum Gasteiger partial charge on any atom is -0.507 e. The molecule has 8 nitrogen and oxygen atoms in total. The Bertz CT molecular complexity index is 1340. The zero-order chi connectivity index (χ0) is 24.6. The molecule has 1 amide bonds. The van der Waals surface area contributed by atoms with E-state index in [9.17, 15) is 24.8 Å². The fraction of sp³-hybridized carbons (Fsp3) is 0.154. The average Bonchev–Trinajstić information content (AvgIpc) is 3.11. The average molecular weight is 458 g/mol. The standard InChI is InChI=1S/C26H22N2O6/c1-15-7-10-20(13-16(15)2)27-23(18-5-4-6-21(14-18)34-3)22(25(30)26(27)31)24(29)17-8-11-19(12-9-17)28(32)33/h4-14,23,29H,1-3H3/b24-22+. The number of amides is 1. The first-order valence-corrected chi connectivity index (χ1v) is 10.5. The van der Waals surface area contributed by atoms with Crippen LogP contribution in [0.15, 0.2) is 72.3 Å². The second-order valence-corrected chi connectivity index (χ2v) is 8.02. The Labute approximate surface area is 195 Å². The summed E-state index contributed by atoms with van der Waals surface area (Å²) in [5.41, 5.74) is 2.99. The van der Waals surface area contributed by atoms with E-state index in [0.717, 1.165) is 11.1 Å². The molecule has 4 rings (SSSR count). The van der Waals surface area contributed by atoms with Crippen LogP contribution in [0, 0.1) is 24.0 Å². The lowest BCUT2D eigenvalue weighted by Gasteiger charge is -2.26. The molecular formula is C26H22N2O6. The van der Waals surface area contributed by atoms with E-state index in [2.05, 4.69) is 0 Å². The predicted octanol–water partition coefficient (Wildman–Crippen LogP) is 4.85. The number of hydrogen-bond acceptors (Lipinski definition) is 6. The molecular weight excluding hydrogens is 436 g/mol. The van der Waals surface area contributed by atoms with Crippen molar-refractivity contribution in [1.29, 1.82) is 0 Å². The van der Waals surface area contributed by atoms with E-state index >= 15 is 0 Å². The number of non-ortho nitro benzene ring substituents is 1. The molecule has 1 N–H and O–H groups in total. The second-order valence-electron chi connectivity index (χ2n) is 8.02. The molecule has 1 saturated heterocycles. The maximum Gasteiger partial charge on any atom is 0.300 e. The summed E-state index contributed by atoms with van der Waals surface area (Å²) in [5, 5.41) is 22.1. The van der Waals surface area contributed by atoms with Gasteiger partial charge in [-0.15, -0.1) is 0 Å². The molecule has 172 valence electrons. The molecule has 0 radical (unpaired) electrons. The first-order chi connectivity index (χ1) is 16.2. The molecule has 1 atom stereocenters. The van der Waals surface area contributed by atoms with Gasteiger partial charge in [0.25, 0.3) is 17.4 Å². The Hall–Kier alpha value is -4.46. The highest BCUT2D eigenvalue weighted by Gasteiger charge is 2.47. The number of carbonyl (C=O) groups is 2. The van der Waals surface area contributed by atoms with Crippen LogP contribution in [0.1, 0.15) is 28.3 Å². The number of aliphatic hydroxyl groups is 1. The Balaban J connectivity index is 1.94. The summed E-state index contributed by atoms with van der Waals surface area (Å²) in [5.74, 6) is -1.51. The lowest BCUT2D eigenvalue weighted by Crippen LogP contribution is -2.29. The van der Waals surface area contributed by atoms with Gasteiger partial charge in [0.15, 0.2) is 0 Å². The highest BCUT2D eigenvalue weighted by Crippen LogP contribution is 2.43. The van der Waals surface area contributed by atoms with Gasteiger partial charge in [-0.2, -0.15) is 0 Å². The van der Waals surface area contributed by atoms with Crippen molar-refractivity contribution in [2.45, 2.75) is 19.9 Å². The highest BCUT2D eigenvalue weighted by molar-refractivity contribution is 6.51. The Morgan fingerprint density at radius 3 is 2.32 bits per heavy atom. The van der Waals surface area contributed by atoms with Gasteiger partial charge in [-0.25, -0.2) is 0 Å². The molecule has 1 aliphatic rings. The molecule has 3 aromatic carbocycles. The summed E-state index contributed by atoms with van der Waals surface area (Å²) in [7, 11) is 1.51. The molecule has 3 aromatic rings.